The van der Waals surface area contributed by atoms with Crippen LogP contribution in [0.3, 0.4) is 0 Å². The summed E-state index contributed by atoms with van der Waals surface area (Å²) in [6.07, 6.45) is 2.43. The van der Waals surface area contributed by atoms with E-state index >= 15 is 0 Å². The minimum absolute atomic E-state index is 0. The Hall–Kier alpha value is -1.51. The van der Waals surface area contributed by atoms with E-state index in [1.165, 1.54) is 17.7 Å². The number of guanidine groups is 1. The van der Waals surface area contributed by atoms with E-state index in [0.29, 0.717) is 24.2 Å². The van der Waals surface area contributed by atoms with Gasteiger partial charge in [-0.1, -0.05) is 19.1 Å². The highest BCUT2D eigenvalue weighted by atomic mass is 127. The van der Waals surface area contributed by atoms with E-state index in [1.807, 2.05) is 24.3 Å². The van der Waals surface area contributed by atoms with Crippen molar-refractivity contribution in [3.63, 3.8) is 0 Å². The van der Waals surface area contributed by atoms with Gasteiger partial charge in [0.05, 0.1) is 6.54 Å². The molecule has 0 aliphatic carbocycles. The maximum Gasteiger partial charge on any atom is 0.259 e. The van der Waals surface area contributed by atoms with E-state index in [9.17, 15) is 4.79 Å². The molecule has 1 aromatic rings. The van der Waals surface area contributed by atoms with Crippen molar-refractivity contribution in [3.05, 3.63) is 29.8 Å². The monoisotopic (exact) mass is 460 g/mol. The molecule has 6 nitrogen and oxygen atoms in total. The molecule has 2 rings (SSSR count). The van der Waals surface area contributed by atoms with E-state index in [1.54, 1.807) is 14.1 Å². The van der Waals surface area contributed by atoms with Gasteiger partial charge in [0, 0.05) is 27.2 Å². The molecule has 1 aliphatic rings. The molecular formula is C18H29IN4O2. The van der Waals surface area contributed by atoms with E-state index < -0.39 is 0 Å². The van der Waals surface area contributed by atoms with Crippen LogP contribution in [0, 0.1) is 5.92 Å². The molecular weight excluding hydrogens is 431 g/mol. The zero-order chi connectivity index (χ0) is 17.5. The van der Waals surface area contributed by atoms with Crippen molar-refractivity contribution >= 4 is 35.8 Å². The maximum atomic E-state index is 11.6. The fourth-order valence-electron chi connectivity index (χ4n) is 2.68. The number of hydrogen-bond donors (Lipinski definition) is 1. The Balaban J connectivity index is 0.00000312. The molecule has 1 heterocycles. The zero-order valence-corrected chi connectivity index (χ0v) is 17.6. The molecule has 0 bridgehead atoms. The first-order chi connectivity index (χ1) is 11.5. The largest absolute Gasteiger partial charge is 0.484 e. The number of likely N-dealkylation sites (N-methyl/N-ethyl adjacent to an activating group) is 1. The molecule has 1 amide bonds. The number of carbonyl (C=O) groups is 1. The summed E-state index contributed by atoms with van der Waals surface area (Å²) in [7, 11) is 3.42. The average Bonchev–Trinajstić information content (AvgIpc) is 2.57. The van der Waals surface area contributed by atoms with Crippen molar-refractivity contribution in [1.29, 1.82) is 0 Å². The van der Waals surface area contributed by atoms with Gasteiger partial charge in [-0.15, -0.1) is 24.0 Å². The van der Waals surface area contributed by atoms with Crippen LogP contribution in [-0.2, 0) is 11.3 Å². The van der Waals surface area contributed by atoms with Gasteiger partial charge in [0.1, 0.15) is 5.75 Å². The number of amides is 1. The SMILES string of the molecule is CC1CCCN(C(N)=NCc2cccc(OCC(=O)N(C)C)c2)C1.I. The summed E-state index contributed by atoms with van der Waals surface area (Å²) in [4.78, 5) is 19.7. The fourth-order valence-corrected chi connectivity index (χ4v) is 2.68. The van der Waals surface area contributed by atoms with Crippen molar-refractivity contribution in [2.45, 2.75) is 26.3 Å². The van der Waals surface area contributed by atoms with E-state index in [0.717, 1.165) is 18.7 Å². The quantitative estimate of drug-likeness (QED) is 0.416. The number of hydrogen-bond acceptors (Lipinski definition) is 3. The topological polar surface area (TPSA) is 71.2 Å². The second kappa shape index (κ2) is 10.5. The molecule has 1 unspecified atom stereocenters. The van der Waals surface area contributed by atoms with Crippen LogP contribution in [0.15, 0.2) is 29.3 Å². The highest BCUT2D eigenvalue weighted by molar-refractivity contribution is 14.0. The molecule has 25 heavy (non-hydrogen) atoms. The number of carbonyl (C=O) groups excluding carboxylic acids is 1. The van der Waals surface area contributed by atoms with E-state index in [4.69, 9.17) is 10.5 Å². The van der Waals surface area contributed by atoms with Gasteiger partial charge < -0.3 is 20.3 Å². The number of aliphatic imine (C=N–C) groups is 1. The van der Waals surface area contributed by atoms with Crippen molar-refractivity contribution in [3.8, 4) is 5.75 Å². The summed E-state index contributed by atoms with van der Waals surface area (Å²) < 4.78 is 5.53. The summed E-state index contributed by atoms with van der Waals surface area (Å²) in [6.45, 7) is 4.75. The van der Waals surface area contributed by atoms with Crippen molar-refractivity contribution in [2.75, 3.05) is 33.8 Å². The molecule has 0 aromatic heterocycles. The minimum Gasteiger partial charge on any atom is -0.484 e. The van der Waals surface area contributed by atoms with E-state index in [-0.39, 0.29) is 36.5 Å². The Morgan fingerprint density at radius 1 is 1.44 bits per heavy atom. The first-order valence-electron chi connectivity index (χ1n) is 8.42. The van der Waals surface area contributed by atoms with Crippen LogP contribution in [0.2, 0.25) is 0 Å². The predicted molar refractivity (Wildman–Crippen MR) is 111 cm³/mol. The van der Waals surface area contributed by atoms with Crippen LogP contribution in [0.1, 0.15) is 25.3 Å². The van der Waals surface area contributed by atoms with Gasteiger partial charge in [-0.25, -0.2) is 4.99 Å². The van der Waals surface area contributed by atoms with E-state index in [2.05, 4.69) is 16.8 Å². The van der Waals surface area contributed by atoms with Gasteiger partial charge in [0.2, 0.25) is 0 Å². The van der Waals surface area contributed by atoms with Gasteiger partial charge in [0.25, 0.3) is 5.91 Å². The molecule has 1 atom stereocenters. The van der Waals surface area contributed by atoms with Crippen molar-refractivity contribution in [1.82, 2.24) is 9.80 Å². The van der Waals surface area contributed by atoms with Gasteiger partial charge in [0.15, 0.2) is 12.6 Å². The number of nitrogens with zero attached hydrogens (tertiary/aromatic N) is 3. The van der Waals surface area contributed by atoms with Gasteiger partial charge >= 0.3 is 0 Å². The number of benzene rings is 1. The second-order valence-corrected chi connectivity index (χ2v) is 6.59. The van der Waals surface area contributed by atoms with Crippen molar-refractivity contribution < 1.29 is 9.53 Å². The number of ether oxygens (including phenoxy) is 1. The maximum absolute atomic E-state index is 11.6. The third-order valence-corrected chi connectivity index (χ3v) is 4.16. The number of rotatable bonds is 5. The molecule has 0 spiro atoms. The first-order valence-corrected chi connectivity index (χ1v) is 8.42. The third kappa shape index (κ3) is 7.09. The van der Waals surface area contributed by atoms with Crippen LogP contribution < -0.4 is 10.5 Å². The Labute approximate surface area is 167 Å². The molecule has 1 fully saturated rings. The number of piperidine rings is 1. The number of likely N-dealkylation sites (tertiary alicyclic amines) is 1. The van der Waals surface area contributed by atoms with Crippen LogP contribution in [0.5, 0.6) is 5.75 Å². The van der Waals surface area contributed by atoms with Gasteiger partial charge in [-0.2, -0.15) is 0 Å². The molecule has 1 saturated heterocycles. The zero-order valence-electron chi connectivity index (χ0n) is 15.3. The lowest BCUT2D eigenvalue weighted by Crippen LogP contribution is -2.43. The lowest BCUT2D eigenvalue weighted by Gasteiger charge is -2.31. The first kappa shape index (κ1) is 21.5. The van der Waals surface area contributed by atoms with Crippen LogP contribution in [0.25, 0.3) is 0 Å². The molecule has 140 valence electrons. The Morgan fingerprint density at radius 3 is 2.88 bits per heavy atom. The molecule has 0 saturated carbocycles. The minimum atomic E-state index is -0.0677. The van der Waals surface area contributed by atoms with Gasteiger partial charge in [-0.3, -0.25) is 4.79 Å². The molecule has 1 aromatic carbocycles. The normalized spacial score (nSPS) is 17.6. The second-order valence-electron chi connectivity index (χ2n) is 6.59. The highest BCUT2D eigenvalue weighted by Gasteiger charge is 2.17. The number of halogens is 1. The number of nitrogens with two attached hydrogens (primary N) is 1. The van der Waals surface area contributed by atoms with Crippen molar-refractivity contribution in [2.24, 2.45) is 16.6 Å². The Bertz CT molecular complexity index is 592. The Morgan fingerprint density at radius 2 is 2.20 bits per heavy atom. The smallest absolute Gasteiger partial charge is 0.259 e. The average molecular weight is 460 g/mol. The molecule has 0 radical (unpaired) electrons. The predicted octanol–water partition coefficient (Wildman–Crippen LogP) is 2.32. The third-order valence-electron chi connectivity index (χ3n) is 4.16. The summed E-state index contributed by atoms with van der Waals surface area (Å²) >= 11 is 0. The lowest BCUT2D eigenvalue weighted by molar-refractivity contribution is -0.130. The highest BCUT2D eigenvalue weighted by Crippen LogP contribution is 2.16. The summed E-state index contributed by atoms with van der Waals surface area (Å²) in [5.41, 5.74) is 7.13. The summed E-state index contributed by atoms with van der Waals surface area (Å²) in [6, 6.07) is 7.63. The van der Waals surface area contributed by atoms with Crippen LogP contribution in [0.4, 0.5) is 0 Å². The standard InChI is InChI=1S/C18H28N4O2.HI/c1-14-6-5-9-22(12-14)18(19)20-11-15-7-4-8-16(10-15)24-13-17(23)21(2)3;/h4,7-8,10,14H,5-6,9,11-13H2,1-3H3,(H2,19,20);1H. The Kier molecular flexibility index (Phi) is 9.02. The van der Waals surface area contributed by atoms with Gasteiger partial charge in [-0.05, 0) is 36.5 Å². The summed E-state index contributed by atoms with van der Waals surface area (Å²) in [5.74, 6) is 1.87. The summed E-state index contributed by atoms with van der Waals surface area (Å²) in [5, 5.41) is 0. The molecule has 1 aliphatic heterocycles. The van der Waals surface area contributed by atoms with Crippen LogP contribution in [-0.4, -0.2) is 55.5 Å². The fraction of sp³-hybridized carbons (Fsp3) is 0.556. The molecule has 2 N–H and O–H groups in total. The lowest BCUT2D eigenvalue weighted by atomic mass is 10.0. The van der Waals surface area contributed by atoms with Crippen LogP contribution >= 0.6 is 24.0 Å². The molecule has 7 heteroatoms.